The Bertz CT molecular complexity index is 576. The molecule has 2 bridgehead atoms. The van der Waals surface area contributed by atoms with Crippen LogP contribution in [-0.4, -0.2) is 31.3 Å². The minimum absolute atomic E-state index is 0.0176. The molecule has 0 amide bonds. The highest BCUT2D eigenvalue weighted by Crippen LogP contribution is 2.56. The molecule has 4 fully saturated rings. The second-order valence-electron chi connectivity index (χ2n) is 7.81. The first-order valence-electron chi connectivity index (χ1n) is 8.58. The van der Waals surface area contributed by atoms with Crippen LogP contribution < -0.4 is 0 Å². The third-order valence-corrected chi connectivity index (χ3v) is 8.14. The molecule has 5 aliphatic rings. The number of fused-ring (bicyclic) bond motifs is 4. The van der Waals surface area contributed by atoms with E-state index < -0.39 is 20.9 Å². The highest BCUT2D eigenvalue weighted by molar-refractivity contribution is 7.91. The number of hydrogen-bond acceptors (Lipinski definition) is 3. The molecule has 0 aromatic rings. The summed E-state index contributed by atoms with van der Waals surface area (Å²) in [6, 6.07) is 0. The van der Waals surface area contributed by atoms with Crippen LogP contribution in [0.3, 0.4) is 0 Å². The van der Waals surface area contributed by atoms with Crippen LogP contribution in [-0.2, 0) is 14.8 Å². The maximum atomic E-state index is 14.3. The highest BCUT2D eigenvalue weighted by Gasteiger charge is 2.51. The molecule has 0 aromatic carbocycles. The molecule has 22 heavy (non-hydrogen) atoms. The van der Waals surface area contributed by atoms with Crippen LogP contribution in [0, 0.1) is 5.41 Å². The topological polar surface area (TPSA) is 55.7 Å². The number of alkyl halides is 1. The van der Waals surface area contributed by atoms with Crippen LogP contribution in [0.15, 0.2) is 4.40 Å². The lowest BCUT2D eigenvalue weighted by Gasteiger charge is -2.50. The van der Waals surface area contributed by atoms with Gasteiger partial charge in [0.05, 0.1) is 0 Å². The van der Waals surface area contributed by atoms with Crippen molar-refractivity contribution in [2.24, 2.45) is 9.81 Å². The molecule has 4 saturated carbocycles. The van der Waals surface area contributed by atoms with E-state index in [1.54, 1.807) is 0 Å². The zero-order valence-corrected chi connectivity index (χ0v) is 13.7. The third kappa shape index (κ3) is 2.47. The van der Waals surface area contributed by atoms with Gasteiger partial charge in [0.15, 0.2) is 0 Å². The Kier molecular flexibility index (Phi) is 3.34. The second-order valence-corrected chi connectivity index (χ2v) is 9.62. The summed E-state index contributed by atoms with van der Waals surface area (Å²) in [4.78, 5) is 0. The maximum absolute atomic E-state index is 14.3. The van der Waals surface area contributed by atoms with Gasteiger partial charge < -0.3 is 4.74 Å². The predicted octanol–water partition coefficient (Wildman–Crippen LogP) is 3.51. The largest absolute Gasteiger partial charge is 0.475 e. The van der Waals surface area contributed by atoms with Gasteiger partial charge in [0.25, 0.3) is 10.0 Å². The quantitative estimate of drug-likeness (QED) is 0.779. The van der Waals surface area contributed by atoms with Crippen molar-refractivity contribution in [1.29, 1.82) is 0 Å². The van der Waals surface area contributed by atoms with Crippen LogP contribution in [0.5, 0.6) is 0 Å². The van der Waals surface area contributed by atoms with Crippen molar-refractivity contribution in [1.82, 2.24) is 0 Å². The van der Waals surface area contributed by atoms with Crippen molar-refractivity contribution in [3.8, 4) is 0 Å². The van der Waals surface area contributed by atoms with Crippen LogP contribution in [0.25, 0.3) is 0 Å². The molecule has 5 rings (SSSR count). The van der Waals surface area contributed by atoms with Gasteiger partial charge in [0.2, 0.25) is 5.90 Å². The zero-order chi connectivity index (χ0) is 15.4. The van der Waals surface area contributed by atoms with Gasteiger partial charge in [0.1, 0.15) is 17.0 Å². The molecule has 0 unspecified atom stereocenters. The summed E-state index contributed by atoms with van der Waals surface area (Å²) in [5.74, 6) is 0.399. The van der Waals surface area contributed by atoms with Crippen LogP contribution in [0.2, 0.25) is 0 Å². The van der Waals surface area contributed by atoms with Crippen molar-refractivity contribution in [3.63, 3.8) is 0 Å². The highest BCUT2D eigenvalue weighted by atomic mass is 32.2. The first-order valence-corrected chi connectivity index (χ1v) is 10.1. The van der Waals surface area contributed by atoms with Gasteiger partial charge in [-0.05, 0) is 63.2 Å². The molecule has 0 radical (unpaired) electrons. The fraction of sp³-hybridized carbons (Fsp3) is 0.938. The second kappa shape index (κ2) is 4.92. The SMILES string of the molecule is O=S1(=O)N=C(CC23CCC(F)(CC2)CC3)O[C@H]2CCCC[C@H]21. The predicted molar refractivity (Wildman–Crippen MR) is 82.1 cm³/mol. The first kappa shape index (κ1) is 14.9. The molecular formula is C16H24FNO3S. The summed E-state index contributed by atoms with van der Waals surface area (Å²) in [5, 5.41) is -0.446. The van der Waals surface area contributed by atoms with Crippen molar-refractivity contribution in [2.45, 2.75) is 87.7 Å². The lowest BCUT2D eigenvalue weighted by molar-refractivity contribution is -0.0342. The van der Waals surface area contributed by atoms with E-state index in [1.807, 2.05) is 0 Å². The number of halogens is 1. The van der Waals surface area contributed by atoms with E-state index in [9.17, 15) is 12.8 Å². The molecule has 1 aliphatic heterocycles. The normalized spacial score (nSPS) is 46.5. The van der Waals surface area contributed by atoms with Gasteiger partial charge in [-0.25, -0.2) is 12.8 Å². The number of ether oxygens (including phenoxy) is 1. The molecule has 6 heteroatoms. The summed E-state index contributed by atoms with van der Waals surface area (Å²) in [7, 11) is -3.43. The zero-order valence-electron chi connectivity index (χ0n) is 12.9. The van der Waals surface area contributed by atoms with Crippen molar-refractivity contribution in [3.05, 3.63) is 0 Å². The fourth-order valence-electron chi connectivity index (χ4n) is 4.82. The van der Waals surface area contributed by atoms with E-state index in [4.69, 9.17) is 4.74 Å². The molecule has 4 nitrogen and oxygen atoms in total. The summed E-state index contributed by atoms with van der Waals surface area (Å²) in [5.41, 5.74) is -0.943. The van der Waals surface area contributed by atoms with E-state index >= 15 is 0 Å². The lowest BCUT2D eigenvalue weighted by atomic mass is 9.58. The first-order chi connectivity index (χ1) is 10.4. The average molecular weight is 329 g/mol. The average Bonchev–Trinajstić information content (AvgIpc) is 2.48. The van der Waals surface area contributed by atoms with Crippen molar-refractivity contribution >= 4 is 15.9 Å². The van der Waals surface area contributed by atoms with Crippen LogP contribution in [0.1, 0.15) is 70.6 Å². The summed E-state index contributed by atoms with van der Waals surface area (Å²) < 4.78 is 49.0. The lowest BCUT2D eigenvalue weighted by Crippen LogP contribution is -2.47. The number of sulfonamides is 1. The summed E-state index contributed by atoms with van der Waals surface area (Å²) in [6.45, 7) is 0. The van der Waals surface area contributed by atoms with E-state index in [0.717, 1.165) is 38.5 Å². The van der Waals surface area contributed by atoms with Crippen LogP contribution in [0.4, 0.5) is 4.39 Å². The van der Waals surface area contributed by atoms with E-state index in [0.29, 0.717) is 38.0 Å². The Morgan fingerprint density at radius 3 is 2.41 bits per heavy atom. The minimum Gasteiger partial charge on any atom is -0.475 e. The summed E-state index contributed by atoms with van der Waals surface area (Å²) in [6.07, 6.45) is 8.14. The molecule has 0 spiro atoms. The van der Waals surface area contributed by atoms with Gasteiger partial charge in [-0.15, -0.1) is 4.40 Å². The van der Waals surface area contributed by atoms with Crippen molar-refractivity contribution in [2.75, 3.05) is 0 Å². The van der Waals surface area contributed by atoms with E-state index in [2.05, 4.69) is 4.40 Å². The Morgan fingerprint density at radius 2 is 1.73 bits per heavy atom. The molecule has 0 N–H and O–H groups in total. The van der Waals surface area contributed by atoms with Gasteiger partial charge in [-0.3, -0.25) is 0 Å². The van der Waals surface area contributed by atoms with Crippen LogP contribution >= 0.6 is 0 Å². The molecule has 4 aliphatic carbocycles. The van der Waals surface area contributed by atoms with E-state index in [-0.39, 0.29) is 11.5 Å². The van der Waals surface area contributed by atoms with Gasteiger partial charge in [-0.1, -0.05) is 6.42 Å². The maximum Gasteiger partial charge on any atom is 0.262 e. The van der Waals surface area contributed by atoms with Crippen molar-refractivity contribution < 1.29 is 17.5 Å². The van der Waals surface area contributed by atoms with E-state index in [1.165, 1.54) is 0 Å². The Hall–Kier alpha value is -0.650. The minimum atomic E-state index is -3.43. The van der Waals surface area contributed by atoms with Gasteiger partial charge in [0, 0.05) is 6.42 Å². The molecular weight excluding hydrogens is 305 g/mol. The fourth-order valence-corrected chi connectivity index (χ4v) is 6.39. The molecule has 0 saturated heterocycles. The Morgan fingerprint density at radius 1 is 1.09 bits per heavy atom. The van der Waals surface area contributed by atoms with Gasteiger partial charge in [-0.2, -0.15) is 0 Å². The Balaban J connectivity index is 1.55. The Labute approximate surface area is 131 Å². The molecule has 0 aromatic heterocycles. The third-order valence-electron chi connectivity index (χ3n) is 6.38. The van der Waals surface area contributed by atoms with Gasteiger partial charge >= 0.3 is 0 Å². The molecule has 2 atom stereocenters. The smallest absolute Gasteiger partial charge is 0.262 e. The molecule has 124 valence electrons. The molecule has 1 heterocycles. The summed E-state index contributed by atoms with van der Waals surface area (Å²) >= 11 is 0. The number of rotatable bonds is 2. The number of nitrogens with zero attached hydrogens (tertiary/aromatic N) is 1. The number of hydrogen-bond donors (Lipinski definition) is 0. The monoisotopic (exact) mass is 329 g/mol. The standard InChI is InChI=1S/C16H24FNO3S/c17-16-8-5-15(6-9-16,7-10-16)11-14-18-22(19,20)13-4-2-1-3-12(13)21-14/h12-13H,1-11H2/t12-,13+,15?,16?/m0/s1.